The number of pyridine rings is 1. The van der Waals surface area contributed by atoms with Gasteiger partial charge in [-0.2, -0.15) is 0 Å². The Kier molecular flexibility index (Phi) is 8.19. The number of para-hydroxylation sites is 2. The van der Waals surface area contributed by atoms with E-state index in [1.165, 1.54) is 4.90 Å². The van der Waals surface area contributed by atoms with Crippen molar-refractivity contribution >= 4 is 23.3 Å². The Balaban J connectivity index is 1.79. The lowest BCUT2D eigenvalue weighted by Gasteiger charge is -2.23. The zero-order chi connectivity index (χ0) is 22.1. The molecule has 2 amide bonds. The van der Waals surface area contributed by atoms with Crippen LogP contribution in [-0.4, -0.2) is 70.9 Å². The quantitative estimate of drug-likeness (QED) is 0.566. The summed E-state index contributed by atoms with van der Waals surface area (Å²) in [5.41, 5.74) is 0.985. The Hall–Kier alpha value is -3.17. The summed E-state index contributed by atoms with van der Waals surface area (Å²) in [6.45, 7) is 0.254. The number of carbonyl (C=O) groups excluding carboxylic acids is 2. The van der Waals surface area contributed by atoms with Crippen LogP contribution >= 0.6 is 0 Å². The number of hydrogen-bond donors (Lipinski definition) is 4. The lowest BCUT2D eigenvalue weighted by atomic mass is 10.2. The molecule has 1 atom stereocenters. The minimum Gasteiger partial charge on any atom is -0.491 e. The van der Waals surface area contributed by atoms with Gasteiger partial charge in [-0.1, -0.05) is 18.2 Å². The van der Waals surface area contributed by atoms with Gasteiger partial charge in [-0.3, -0.25) is 9.59 Å². The average molecular weight is 428 g/mol. The van der Waals surface area contributed by atoms with Crippen molar-refractivity contribution in [3.63, 3.8) is 0 Å². The van der Waals surface area contributed by atoms with Crippen LogP contribution in [0.4, 0.5) is 11.5 Å². The number of benzene rings is 1. The second kappa shape index (κ2) is 11.3. The molecule has 4 N–H and O–H groups in total. The first-order valence-electron chi connectivity index (χ1n) is 10.4. The molecule has 3 rings (SSSR count). The summed E-state index contributed by atoms with van der Waals surface area (Å²) >= 11 is 0. The first-order valence-corrected chi connectivity index (χ1v) is 10.4. The number of fused-ring (bicyclic) bond motifs is 3. The second-order valence-corrected chi connectivity index (χ2v) is 7.31. The summed E-state index contributed by atoms with van der Waals surface area (Å²) in [6, 6.07) is 12.7. The van der Waals surface area contributed by atoms with E-state index in [1.807, 2.05) is 24.3 Å². The Morgan fingerprint density at radius 2 is 2.03 bits per heavy atom. The summed E-state index contributed by atoms with van der Waals surface area (Å²) in [5, 5.41) is 24.0. The highest BCUT2D eigenvalue weighted by atomic mass is 16.5. The molecule has 9 heteroatoms. The molecule has 1 aromatic carbocycles. The molecule has 1 unspecified atom stereocenters. The molecule has 0 fully saturated rings. The summed E-state index contributed by atoms with van der Waals surface area (Å²) < 4.78 is 5.90. The van der Waals surface area contributed by atoms with Gasteiger partial charge in [0.1, 0.15) is 17.3 Å². The highest BCUT2D eigenvalue weighted by Crippen LogP contribution is 2.27. The number of aliphatic hydroxyl groups is 2. The second-order valence-electron chi connectivity index (χ2n) is 7.31. The normalized spacial score (nSPS) is 15.7. The molecule has 0 radical (unpaired) electrons. The monoisotopic (exact) mass is 428 g/mol. The maximum atomic E-state index is 13.1. The number of ether oxygens (including phenoxy) is 1. The number of aliphatic hydroxyl groups excluding tert-OH is 2. The van der Waals surface area contributed by atoms with Gasteiger partial charge in [-0.05, 0) is 43.5 Å². The summed E-state index contributed by atoms with van der Waals surface area (Å²) in [6.07, 6.45) is 1.32. The number of nitrogens with one attached hydrogen (secondary N) is 2. The molecule has 0 saturated heterocycles. The van der Waals surface area contributed by atoms with Crippen LogP contribution < -0.4 is 15.4 Å². The van der Waals surface area contributed by atoms with Crippen LogP contribution in [0.3, 0.4) is 0 Å². The number of rotatable bonds is 5. The molecular weight excluding hydrogens is 400 g/mol. The molecule has 2 heterocycles. The Labute approximate surface area is 181 Å². The Morgan fingerprint density at radius 1 is 1.19 bits per heavy atom. The number of hydrogen-bond acceptors (Lipinski definition) is 7. The van der Waals surface area contributed by atoms with Gasteiger partial charge in [-0.25, -0.2) is 4.98 Å². The molecule has 2 bridgehead atoms. The largest absolute Gasteiger partial charge is 0.491 e. The van der Waals surface area contributed by atoms with E-state index in [2.05, 4.69) is 15.6 Å². The van der Waals surface area contributed by atoms with Crippen LogP contribution in [0.1, 0.15) is 29.8 Å². The lowest BCUT2D eigenvalue weighted by molar-refractivity contribution is -0.122. The third-order valence-corrected chi connectivity index (χ3v) is 4.82. The van der Waals surface area contributed by atoms with Crippen molar-refractivity contribution in [2.24, 2.45) is 0 Å². The standard InChI is InChI=1S/C22H28N4O5/c27-15-16(28)13-23-21(29)14-26-11-4-1-5-12-31-19-9-3-2-7-17(19)24-20-10-6-8-18(25-20)22(26)30/h2-3,6-10,16,27-28H,1,4-5,11-15H2,(H,23,29)(H,24,25). The molecule has 0 saturated carbocycles. The first-order chi connectivity index (χ1) is 15.1. The van der Waals surface area contributed by atoms with Crippen LogP contribution in [0, 0.1) is 0 Å². The van der Waals surface area contributed by atoms with Crippen molar-refractivity contribution in [1.82, 2.24) is 15.2 Å². The van der Waals surface area contributed by atoms with E-state index >= 15 is 0 Å². The Morgan fingerprint density at radius 3 is 2.87 bits per heavy atom. The maximum absolute atomic E-state index is 13.1. The van der Waals surface area contributed by atoms with E-state index in [4.69, 9.17) is 9.84 Å². The molecule has 1 aromatic heterocycles. The fourth-order valence-electron chi connectivity index (χ4n) is 3.16. The molecule has 31 heavy (non-hydrogen) atoms. The van der Waals surface area contributed by atoms with Gasteiger partial charge in [-0.15, -0.1) is 0 Å². The van der Waals surface area contributed by atoms with Crippen LogP contribution in [0.2, 0.25) is 0 Å². The van der Waals surface area contributed by atoms with Gasteiger partial charge < -0.3 is 30.5 Å². The fourth-order valence-corrected chi connectivity index (χ4v) is 3.16. The Bertz CT molecular complexity index is 892. The van der Waals surface area contributed by atoms with Gasteiger partial charge in [0.2, 0.25) is 5.91 Å². The maximum Gasteiger partial charge on any atom is 0.273 e. The highest BCUT2D eigenvalue weighted by Gasteiger charge is 2.21. The molecule has 0 aliphatic carbocycles. The van der Waals surface area contributed by atoms with Crippen LogP contribution in [-0.2, 0) is 4.79 Å². The molecule has 0 spiro atoms. The molecule has 9 nitrogen and oxygen atoms in total. The summed E-state index contributed by atoms with van der Waals surface area (Å²) in [5.74, 6) is 0.465. The molecule has 2 aromatic rings. The zero-order valence-corrected chi connectivity index (χ0v) is 17.3. The van der Waals surface area contributed by atoms with Gasteiger partial charge in [0.25, 0.3) is 5.91 Å². The smallest absolute Gasteiger partial charge is 0.273 e. The van der Waals surface area contributed by atoms with Crippen molar-refractivity contribution in [3.05, 3.63) is 48.2 Å². The SMILES string of the molecule is O=C(CN1CCCCCOc2ccccc2Nc2cccc(n2)C1=O)NCC(O)CO. The van der Waals surface area contributed by atoms with Crippen molar-refractivity contribution in [3.8, 4) is 5.75 Å². The molecule has 1 aliphatic heterocycles. The average Bonchev–Trinajstić information content (AvgIpc) is 2.79. The highest BCUT2D eigenvalue weighted by molar-refractivity contribution is 5.95. The van der Waals surface area contributed by atoms with Crippen molar-refractivity contribution in [2.45, 2.75) is 25.4 Å². The predicted molar refractivity (Wildman–Crippen MR) is 115 cm³/mol. The van der Waals surface area contributed by atoms with E-state index in [9.17, 15) is 14.7 Å². The molecule has 1 aliphatic rings. The minimum atomic E-state index is -1.04. The van der Waals surface area contributed by atoms with E-state index in [0.717, 1.165) is 24.3 Å². The predicted octanol–water partition coefficient (Wildman–Crippen LogP) is 1.30. The summed E-state index contributed by atoms with van der Waals surface area (Å²) in [7, 11) is 0. The molecular formula is C22H28N4O5. The zero-order valence-electron chi connectivity index (χ0n) is 17.3. The third kappa shape index (κ3) is 6.66. The van der Waals surface area contributed by atoms with E-state index < -0.39 is 18.6 Å². The first kappa shape index (κ1) is 22.5. The van der Waals surface area contributed by atoms with Gasteiger partial charge >= 0.3 is 0 Å². The lowest BCUT2D eigenvalue weighted by Crippen LogP contribution is -2.43. The number of carbonyl (C=O) groups is 2. The summed E-state index contributed by atoms with van der Waals surface area (Å²) in [4.78, 5) is 31.2. The van der Waals surface area contributed by atoms with Crippen LogP contribution in [0.5, 0.6) is 5.75 Å². The van der Waals surface area contributed by atoms with E-state index in [-0.39, 0.29) is 24.7 Å². The van der Waals surface area contributed by atoms with Crippen molar-refractivity contribution in [1.29, 1.82) is 0 Å². The molecule has 166 valence electrons. The minimum absolute atomic E-state index is 0.0776. The van der Waals surface area contributed by atoms with E-state index in [1.54, 1.807) is 18.2 Å². The van der Waals surface area contributed by atoms with Gasteiger partial charge in [0, 0.05) is 13.1 Å². The van der Waals surface area contributed by atoms with Crippen LogP contribution in [0.15, 0.2) is 42.5 Å². The number of aromatic nitrogens is 1. The number of nitrogens with zero attached hydrogens (tertiary/aromatic N) is 2. The number of anilines is 2. The third-order valence-electron chi connectivity index (χ3n) is 4.82. The number of amides is 2. The van der Waals surface area contributed by atoms with Crippen LogP contribution in [0.25, 0.3) is 0 Å². The van der Waals surface area contributed by atoms with E-state index in [0.29, 0.717) is 25.4 Å². The fraction of sp³-hybridized carbons (Fsp3) is 0.409. The van der Waals surface area contributed by atoms with Crippen molar-refractivity contribution in [2.75, 3.05) is 38.2 Å². The van der Waals surface area contributed by atoms with Gasteiger partial charge in [0.15, 0.2) is 0 Å². The van der Waals surface area contributed by atoms with Gasteiger partial charge in [0.05, 0.1) is 31.5 Å². The van der Waals surface area contributed by atoms with Crippen molar-refractivity contribution < 1.29 is 24.5 Å². The topological polar surface area (TPSA) is 124 Å².